The fourth-order valence-electron chi connectivity index (χ4n) is 1.37. The average Bonchev–Trinajstić information content (AvgIpc) is 2.21. The zero-order chi connectivity index (χ0) is 12.8. The molecule has 0 aliphatic carbocycles. The van der Waals surface area contributed by atoms with Gasteiger partial charge in [0.2, 0.25) is 5.91 Å². The van der Waals surface area contributed by atoms with Crippen LogP contribution in [0.2, 0.25) is 0 Å². The van der Waals surface area contributed by atoms with Gasteiger partial charge in [-0.15, -0.1) is 0 Å². The molecule has 0 spiro atoms. The van der Waals surface area contributed by atoms with Gasteiger partial charge in [-0.05, 0) is 43.5 Å². The van der Waals surface area contributed by atoms with Crippen LogP contribution in [-0.2, 0) is 9.59 Å². The van der Waals surface area contributed by atoms with Gasteiger partial charge >= 0.3 is 0 Å². The minimum Gasteiger partial charge on any atom is -0.550 e. The molecule has 0 aliphatic rings. The Bertz CT molecular complexity index is 432. The highest BCUT2D eigenvalue weighted by molar-refractivity contribution is 9.10. The largest absolute Gasteiger partial charge is 0.550 e. The lowest BCUT2D eigenvalue weighted by molar-refractivity contribution is -0.305. The summed E-state index contributed by atoms with van der Waals surface area (Å²) in [5.74, 6) is -1.31. The standard InChI is InChI=1S/C12H14BrNO3/c1-8-7-9(13)5-6-10(8)14-11(15)3-2-4-12(16)17/h5-7H,2-4H2,1H3,(H,14,15)(H,16,17)/p-1. The Morgan fingerprint density at radius 3 is 2.65 bits per heavy atom. The van der Waals surface area contributed by atoms with Crippen LogP contribution in [0.15, 0.2) is 22.7 Å². The lowest BCUT2D eigenvalue weighted by Crippen LogP contribution is -2.22. The molecule has 0 atom stereocenters. The lowest BCUT2D eigenvalue weighted by atomic mass is 10.2. The third-order valence-corrected chi connectivity index (χ3v) is 2.74. The molecule has 1 aromatic rings. The topological polar surface area (TPSA) is 69.2 Å². The molecule has 0 aliphatic heterocycles. The third-order valence-electron chi connectivity index (χ3n) is 2.25. The second kappa shape index (κ2) is 6.39. The van der Waals surface area contributed by atoms with Crippen LogP contribution in [0.5, 0.6) is 0 Å². The van der Waals surface area contributed by atoms with E-state index in [-0.39, 0.29) is 18.7 Å². The maximum atomic E-state index is 11.5. The van der Waals surface area contributed by atoms with Crippen LogP contribution >= 0.6 is 15.9 Å². The van der Waals surface area contributed by atoms with Crippen molar-refractivity contribution < 1.29 is 14.7 Å². The zero-order valence-corrected chi connectivity index (χ0v) is 11.0. The Hall–Kier alpha value is -1.36. The second-order valence-corrected chi connectivity index (χ2v) is 4.65. The molecule has 1 aromatic carbocycles. The van der Waals surface area contributed by atoms with Crippen LogP contribution in [0.1, 0.15) is 24.8 Å². The number of carbonyl (C=O) groups excluding carboxylic acids is 2. The Balaban J connectivity index is 2.48. The quantitative estimate of drug-likeness (QED) is 0.898. The summed E-state index contributed by atoms with van der Waals surface area (Å²) in [5.41, 5.74) is 1.69. The van der Waals surface area contributed by atoms with Gasteiger partial charge in [0.25, 0.3) is 0 Å². The van der Waals surface area contributed by atoms with Crippen molar-refractivity contribution in [1.82, 2.24) is 0 Å². The van der Waals surface area contributed by atoms with E-state index in [0.29, 0.717) is 6.42 Å². The van der Waals surface area contributed by atoms with Gasteiger partial charge in [0.1, 0.15) is 0 Å². The van der Waals surface area contributed by atoms with E-state index < -0.39 is 5.97 Å². The fraction of sp³-hybridized carbons (Fsp3) is 0.333. The number of nitrogens with one attached hydrogen (secondary N) is 1. The van der Waals surface area contributed by atoms with Crippen LogP contribution in [0.25, 0.3) is 0 Å². The average molecular weight is 299 g/mol. The number of aliphatic carboxylic acids is 1. The van der Waals surface area contributed by atoms with E-state index in [0.717, 1.165) is 15.7 Å². The number of aryl methyl sites for hydroxylation is 1. The Kier molecular flexibility index (Phi) is 5.15. The number of hydrogen-bond acceptors (Lipinski definition) is 3. The van der Waals surface area contributed by atoms with Gasteiger partial charge in [0.05, 0.1) is 0 Å². The molecule has 0 bridgehead atoms. The maximum Gasteiger partial charge on any atom is 0.224 e. The van der Waals surface area contributed by atoms with Crippen molar-refractivity contribution in [2.24, 2.45) is 0 Å². The molecular weight excluding hydrogens is 286 g/mol. The number of carboxylic acid groups (broad SMARTS) is 1. The highest BCUT2D eigenvalue weighted by Crippen LogP contribution is 2.20. The smallest absolute Gasteiger partial charge is 0.224 e. The zero-order valence-electron chi connectivity index (χ0n) is 9.46. The van der Waals surface area contributed by atoms with E-state index in [9.17, 15) is 14.7 Å². The van der Waals surface area contributed by atoms with Gasteiger partial charge in [-0.1, -0.05) is 15.9 Å². The number of halogens is 1. The lowest BCUT2D eigenvalue weighted by Gasteiger charge is -2.08. The third kappa shape index (κ3) is 4.99. The molecule has 0 heterocycles. The number of anilines is 1. The molecule has 0 radical (unpaired) electrons. The van der Waals surface area contributed by atoms with Gasteiger partial charge in [0.15, 0.2) is 0 Å². The SMILES string of the molecule is Cc1cc(Br)ccc1NC(=O)CCCC(=O)[O-]. The number of hydrogen-bond donors (Lipinski definition) is 1. The molecule has 1 amide bonds. The summed E-state index contributed by atoms with van der Waals surface area (Å²) < 4.78 is 0.949. The number of rotatable bonds is 5. The summed E-state index contributed by atoms with van der Waals surface area (Å²) in [7, 11) is 0. The van der Waals surface area contributed by atoms with Gasteiger partial charge in [-0.2, -0.15) is 0 Å². The fourth-order valence-corrected chi connectivity index (χ4v) is 1.85. The summed E-state index contributed by atoms with van der Waals surface area (Å²) in [6.07, 6.45) is 0.389. The molecule has 0 saturated heterocycles. The molecule has 1 N–H and O–H groups in total. The highest BCUT2D eigenvalue weighted by atomic mass is 79.9. The van der Waals surface area contributed by atoms with Crippen LogP contribution < -0.4 is 10.4 Å². The predicted octanol–water partition coefficient (Wildman–Crippen LogP) is 1.62. The highest BCUT2D eigenvalue weighted by Gasteiger charge is 2.04. The Morgan fingerprint density at radius 1 is 1.35 bits per heavy atom. The van der Waals surface area contributed by atoms with E-state index in [1.54, 1.807) is 6.07 Å². The van der Waals surface area contributed by atoms with E-state index >= 15 is 0 Å². The van der Waals surface area contributed by atoms with Crippen molar-refractivity contribution in [3.63, 3.8) is 0 Å². The number of carboxylic acids is 1. The first-order chi connectivity index (χ1) is 7.99. The van der Waals surface area contributed by atoms with Crippen molar-refractivity contribution in [3.8, 4) is 0 Å². The van der Waals surface area contributed by atoms with Crippen molar-refractivity contribution in [1.29, 1.82) is 0 Å². The number of carbonyl (C=O) groups is 2. The number of benzene rings is 1. The van der Waals surface area contributed by atoms with Crippen LogP contribution in [0, 0.1) is 6.92 Å². The van der Waals surface area contributed by atoms with Crippen molar-refractivity contribution in [3.05, 3.63) is 28.2 Å². The molecule has 5 heteroatoms. The number of amides is 1. The van der Waals surface area contributed by atoms with Crippen molar-refractivity contribution >= 4 is 33.5 Å². The maximum absolute atomic E-state index is 11.5. The molecule has 4 nitrogen and oxygen atoms in total. The summed E-state index contributed by atoms with van der Waals surface area (Å²) in [5, 5.41) is 12.9. The van der Waals surface area contributed by atoms with Crippen molar-refractivity contribution in [2.45, 2.75) is 26.2 Å². The van der Waals surface area contributed by atoms with E-state index in [4.69, 9.17) is 0 Å². The summed E-state index contributed by atoms with van der Waals surface area (Å²) >= 11 is 3.34. The molecular formula is C12H13BrNO3-. The monoisotopic (exact) mass is 298 g/mol. The van der Waals surface area contributed by atoms with E-state index in [1.165, 1.54) is 0 Å². The van der Waals surface area contributed by atoms with E-state index in [1.807, 2.05) is 19.1 Å². The summed E-state index contributed by atoms with van der Waals surface area (Å²) in [4.78, 5) is 21.7. The van der Waals surface area contributed by atoms with Gasteiger partial charge < -0.3 is 15.2 Å². The molecule has 0 aromatic heterocycles. The van der Waals surface area contributed by atoms with E-state index in [2.05, 4.69) is 21.2 Å². The van der Waals surface area contributed by atoms with Crippen LogP contribution in [0.4, 0.5) is 5.69 Å². The molecule has 1 rings (SSSR count). The molecule has 0 unspecified atom stereocenters. The minimum atomic E-state index is -1.13. The Morgan fingerprint density at radius 2 is 2.06 bits per heavy atom. The van der Waals surface area contributed by atoms with Crippen LogP contribution in [0.3, 0.4) is 0 Å². The van der Waals surface area contributed by atoms with Gasteiger partial charge in [-0.3, -0.25) is 4.79 Å². The second-order valence-electron chi connectivity index (χ2n) is 3.73. The predicted molar refractivity (Wildman–Crippen MR) is 66.4 cm³/mol. The molecule has 17 heavy (non-hydrogen) atoms. The van der Waals surface area contributed by atoms with Gasteiger partial charge in [-0.25, -0.2) is 0 Å². The first kappa shape index (κ1) is 13.7. The van der Waals surface area contributed by atoms with Crippen molar-refractivity contribution in [2.75, 3.05) is 5.32 Å². The normalized spacial score (nSPS) is 10.0. The molecule has 0 saturated carbocycles. The van der Waals surface area contributed by atoms with Crippen LogP contribution in [-0.4, -0.2) is 11.9 Å². The first-order valence-corrected chi connectivity index (χ1v) is 6.04. The molecule has 92 valence electrons. The summed E-state index contributed by atoms with van der Waals surface area (Å²) in [6, 6.07) is 5.54. The Labute approximate surface area is 108 Å². The summed E-state index contributed by atoms with van der Waals surface area (Å²) in [6.45, 7) is 1.89. The minimum absolute atomic E-state index is 0.0905. The first-order valence-electron chi connectivity index (χ1n) is 5.25. The van der Waals surface area contributed by atoms with Gasteiger partial charge in [0, 0.05) is 22.6 Å². The molecule has 0 fully saturated rings.